The summed E-state index contributed by atoms with van der Waals surface area (Å²) in [7, 11) is 1.87. The first-order valence-electron chi connectivity index (χ1n) is 11.8. The summed E-state index contributed by atoms with van der Waals surface area (Å²) in [6.07, 6.45) is 15.4. The van der Waals surface area contributed by atoms with Crippen molar-refractivity contribution in [3.05, 3.63) is 0 Å². The van der Waals surface area contributed by atoms with Gasteiger partial charge in [0.15, 0.2) is 10.3 Å². The third kappa shape index (κ3) is 8.35. The highest BCUT2D eigenvalue weighted by molar-refractivity contribution is 8.18. The highest BCUT2D eigenvalue weighted by Crippen LogP contribution is 2.55. The molecule has 0 aliphatic heterocycles. The third-order valence-corrected chi connectivity index (χ3v) is 9.56. The van der Waals surface area contributed by atoms with Gasteiger partial charge in [0.05, 0.1) is 0 Å². The molecule has 1 aliphatic rings. The summed E-state index contributed by atoms with van der Waals surface area (Å²) in [5.74, 6) is 0.591. The van der Waals surface area contributed by atoms with Gasteiger partial charge in [-0.25, -0.2) is 0 Å². The molecule has 170 valence electrons. The fraction of sp³-hybridized carbons (Fsp3) is 0.913. The van der Waals surface area contributed by atoms with E-state index in [1.807, 2.05) is 7.05 Å². The first kappa shape index (κ1) is 26.7. The number of unbranched alkanes of at least 4 members (excludes halogenated alkanes) is 2. The van der Waals surface area contributed by atoms with Crippen LogP contribution in [0, 0.1) is 16.7 Å². The van der Waals surface area contributed by atoms with Gasteiger partial charge in [-0.05, 0) is 46.0 Å². The second-order valence-corrected chi connectivity index (χ2v) is 11.9. The molecule has 29 heavy (non-hydrogen) atoms. The number of thioether (sulfide) groups is 2. The number of nitrogens with one attached hydrogen (secondary N) is 4. The van der Waals surface area contributed by atoms with Crippen LogP contribution < -0.4 is 10.6 Å². The monoisotopic (exact) mass is 442 g/mol. The molecule has 0 radical (unpaired) electrons. The van der Waals surface area contributed by atoms with E-state index in [-0.39, 0.29) is 9.49 Å². The highest BCUT2D eigenvalue weighted by Gasteiger charge is 2.52. The van der Waals surface area contributed by atoms with Crippen LogP contribution in [0.25, 0.3) is 0 Å². The van der Waals surface area contributed by atoms with Gasteiger partial charge in [0.25, 0.3) is 0 Å². The lowest BCUT2D eigenvalue weighted by Crippen LogP contribution is -2.53. The number of amidine groups is 2. The molecule has 6 heteroatoms. The van der Waals surface area contributed by atoms with Crippen LogP contribution in [0.5, 0.6) is 0 Å². The topological polar surface area (TPSA) is 71.8 Å². The molecule has 4 N–H and O–H groups in total. The predicted molar refractivity (Wildman–Crippen MR) is 135 cm³/mol. The van der Waals surface area contributed by atoms with Crippen molar-refractivity contribution >= 4 is 33.9 Å². The summed E-state index contributed by atoms with van der Waals surface area (Å²) < 4.78 is -0.175. The quantitative estimate of drug-likeness (QED) is 0.176. The van der Waals surface area contributed by atoms with Gasteiger partial charge in [-0.1, -0.05) is 88.2 Å². The van der Waals surface area contributed by atoms with E-state index in [2.05, 4.69) is 38.3 Å². The lowest BCUT2D eigenvalue weighted by molar-refractivity contribution is 0.260. The minimum Gasteiger partial charge on any atom is -0.368 e. The van der Waals surface area contributed by atoms with E-state index in [1.54, 1.807) is 23.5 Å². The minimum atomic E-state index is -0.132. The van der Waals surface area contributed by atoms with Gasteiger partial charge in [0.1, 0.15) is 0 Å². The molecule has 1 atom stereocenters. The summed E-state index contributed by atoms with van der Waals surface area (Å²) in [5, 5.41) is 24.5. The molecular weight excluding hydrogens is 396 g/mol. The van der Waals surface area contributed by atoms with Crippen molar-refractivity contribution in [2.75, 3.05) is 13.6 Å². The first-order chi connectivity index (χ1) is 13.8. The second-order valence-electron chi connectivity index (χ2n) is 8.90. The van der Waals surface area contributed by atoms with E-state index in [0.717, 1.165) is 13.0 Å². The van der Waals surface area contributed by atoms with Crippen LogP contribution in [0.3, 0.4) is 0 Å². The fourth-order valence-electron chi connectivity index (χ4n) is 4.76. The normalized spacial score (nSPS) is 18.8. The molecule has 0 amide bonds. The van der Waals surface area contributed by atoms with Crippen LogP contribution in [-0.2, 0) is 0 Å². The molecule has 0 aromatic carbocycles. The summed E-state index contributed by atoms with van der Waals surface area (Å²) in [4.78, 5) is 0. The molecule has 0 aromatic heterocycles. The van der Waals surface area contributed by atoms with Crippen LogP contribution in [0.2, 0.25) is 0 Å². The second kappa shape index (κ2) is 13.8. The van der Waals surface area contributed by atoms with Crippen molar-refractivity contribution in [1.82, 2.24) is 10.6 Å². The Morgan fingerprint density at radius 2 is 1.48 bits per heavy atom. The lowest BCUT2D eigenvalue weighted by Gasteiger charge is -2.51. The number of hydrogen-bond donors (Lipinski definition) is 4. The van der Waals surface area contributed by atoms with Crippen molar-refractivity contribution in [3.8, 4) is 0 Å². The maximum atomic E-state index is 8.55. The van der Waals surface area contributed by atoms with Crippen LogP contribution in [-0.4, -0.2) is 33.4 Å². The maximum Gasteiger partial charge on any atom is 0.154 e. The van der Waals surface area contributed by atoms with E-state index in [1.165, 1.54) is 70.6 Å². The smallest absolute Gasteiger partial charge is 0.154 e. The summed E-state index contributed by atoms with van der Waals surface area (Å²) in [5.41, 5.74) is 0. The Hall–Kier alpha value is -0.360. The molecule has 1 rings (SSSR count). The SMILES string of the molecule is CCCCCC(SC(=N)NC)(C1CCCCCCCC1)C(C)(C)SC(=N)NCC. The molecule has 4 nitrogen and oxygen atoms in total. The van der Waals surface area contributed by atoms with Gasteiger partial charge in [-0.15, -0.1) is 0 Å². The number of hydrogen-bond acceptors (Lipinski definition) is 4. The van der Waals surface area contributed by atoms with Gasteiger partial charge in [0.2, 0.25) is 0 Å². The maximum absolute atomic E-state index is 8.55. The largest absolute Gasteiger partial charge is 0.368 e. The Labute approximate surface area is 188 Å². The first-order valence-corrected chi connectivity index (χ1v) is 13.4. The van der Waals surface area contributed by atoms with Crippen LogP contribution in [0.1, 0.15) is 105 Å². The zero-order chi connectivity index (χ0) is 21.8. The molecule has 1 saturated carbocycles. The Balaban J connectivity index is 3.32. The average Bonchev–Trinajstić information content (AvgIpc) is 2.80. The molecule has 1 unspecified atom stereocenters. The number of rotatable bonds is 9. The van der Waals surface area contributed by atoms with Crippen LogP contribution in [0.15, 0.2) is 0 Å². The van der Waals surface area contributed by atoms with E-state index in [9.17, 15) is 0 Å². The Bertz CT molecular complexity index is 485. The zero-order valence-electron chi connectivity index (χ0n) is 19.6. The molecule has 0 spiro atoms. The Morgan fingerprint density at radius 3 is 2.00 bits per heavy atom. The van der Waals surface area contributed by atoms with Crippen molar-refractivity contribution in [1.29, 1.82) is 10.8 Å². The van der Waals surface area contributed by atoms with Crippen molar-refractivity contribution in [2.24, 2.45) is 5.92 Å². The molecule has 1 aliphatic carbocycles. The Morgan fingerprint density at radius 1 is 0.897 bits per heavy atom. The predicted octanol–water partition coefficient (Wildman–Crippen LogP) is 7.00. The summed E-state index contributed by atoms with van der Waals surface area (Å²) in [6.45, 7) is 9.77. The van der Waals surface area contributed by atoms with Crippen molar-refractivity contribution in [2.45, 2.75) is 114 Å². The Kier molecular flexibility index (Phi) is 12.7. The molecule has 0 aromatic rings. The molecular formula is C23H46N4S2. The summed E-state index contributed by atoms with van der Waals surface area (Å²) in [6, 6.07) is 0. The standard InChI is InChI=1S/C23H46N4S2/c1-6-8-15-18-23(29-20(24)26-5,22(3,4)28-21(25)27-7-2)19-16-13-11-9-10-12-14-17-19/h19H,6-18H2,1-5H3,(H2,24,26)(H2,25,27). The van der Waals surface area contributed by atoms with Crippen molar-refractivity contribution in [3.63, 3.8) is 0 Å². The minimum absolute atomic E-state index is 0.0427. The lowest BCUT2D eigenvalue weighted by atomic mass is 9.73. The van der Waals surface area contributed by atoms with Gasteiger partial charge in [-0.3, -0.25) is 10.8 Å². The summed E-state index contributed by atoms with van der Waals surface area (Å²) >= 11 is 3.45. The van der Waals surface area contributed by atoms with Crippen molar-refractivity contribution < 1.29 is 0 Å². The molecule has 1 fully saturated rings. The molecule has 0 bridgehead atoms. The molecule has 0 saturated heterocycles. The van der Waals surface area contributed by atoms with E-state index < -0.39 is 0 Å². The van der Waals surface area contributed by atoms with Gasteiger partial charge >= 0.3 is 0 Å². The van der Waals surface area contributed by atoms with Gasteiger partial charge < -0.3 is 10.6 Å². The zero-order valence-corrected chi connectivity index (χ0v) is 21.2. The third-order valence-electron chi connectivity index (χ3n) is 6.39. The van der Waals surface area contributed by atoms with E-state index in [0.29, 0.717) is 16.3 Å². The van der Waals surface area contributed by atoms with Crippen LogP contribution >= 0.6 is 23.5 Å². The van der Waals surface area contributed by atoms with E-state index in [4.69, 9.17) is 10.8 Å². The molecule has 0 heterocycles. The van der Waals surface area contributed by atoms with Gasteiger partial charge in [-0.2, -0.15) is 0 Å². The average molecular weight is 443 g/mol. The van der Waals surface area contributed by atoms with Crippen LogP contribution in [0.4, 0.5) is 0 Å². The highest BCUT2D eigenvalue weighted by atomic mass is 32.2. The fourth-order valence-corrected chi connectivity index (χ4v) is 7.54. The van der Waals surface area contributed by atoms with E-state index >= 15 is 0 Å². The van der Waals surface area contributed by atoms with Gasteiger partial charge in [0, 0.05) is 23.1 Å².